The van der Waals surface area contributed by atoms with Crippen LogP contribution in [-0.4, -0.2) is 0 Å². The zero-order chi connectivity index (χ0) is 42.0. The number of nitrogens with zero attached hydrogens (tertiary/aromatic N) is 2. The van der Waals surface area contributed by atoms with Gasteiger partial charge in [0, 0.05) is 34.1 Å². The maximum atomic E-state index is 2.45. The van der Waals surface area contributed by atoms with E-state index in [0.717, 1.165) is 45.3 Å². The second-order valence-electron chi connectivity index (χ2n) is 16.1. The zero-order valence-electron chi connectivity index (χ0n) is 34.8. The van der Waals surface area contributed by atoms with Crippen molar-refractivity contribution in [2.24, 2.45) is 0 Å². The molecule has 2 nitrogen and oxygen atoms in total. The SMILES string of the molecule is c1ccc(-c2ccc(N(c3ccccc3)c3cc(-c4ccccc4)cc(N(c4ccccc4)c4ccc5c(c4)C(c4ccccc4)(c4ccccc4)c4ccccc4-5)c3)cc2)cc1. The minimum Gasteiger partial charge on any atom is -0.310 e. The third kappa shape index (κ3) is 6.79. The van der Waals surface area contributed by atoms with Gasteiger partial charge in [0.15, 0.2) is 0 Å². The van der Waals surface area contributed by atoms with Gasteiger partial charge in [-0.3, -0.25) is 0 Å². The molecular weight excluding hydrogens is 761 g/mol. The number of hydrogen-bond acceptors (Lipinski definition) is 2. The van der Waals surface area contributed by atoms with Gasteiger partial charge >= 0.3 is 0 Å². The first-order chi connectivity index (χ1) is 31.3. The van der Waals surface area contributed by atoms with Gasteiger partial charge in [-0.1, -0.05) is 200 Å². The maximum Gasteiger partial charge on any atom is 0.0714 e. The molecule has 0 radical (unpaired) electrons. The fourth-order valence-corrected chi connectivity index (χ4v) is 9.70. The van der Waals surface area contributed by atoms with Crippen molar-refractivity contribution in [3.63, 3.8) is 0 Å². The van der Waals surface area contributed by atoms with E-state index in [0.29, 0.717) is 0 Å². The molecule has 0 fully saturated rings. The third-order valence-corrected chi connectivity index (χ3v) is 12.5. The molecule has 0 aromatic heterocycles. The molecule has 0 amide bonds. The van der Waals surface area contributed by atoms with E-state index in [2.05, 4.69) is 277 Å². The molecule has 11 rings (SSSR count). The van der Waals surface area contributed by atoms with Crippen molar-refractivity contribution < 1.29 is 0 Å². The molecule has 1 aliphatic rings. The lowest BCUT2D eigenvalue weighted by Gasteiger charge is -2.35. The van der Waals surface area contributed by atoms with Crippen LogP contribution in [0.4, 0.5) is 34.1 Å². The van der Waals surface area contributed by atoms with E-state index in [1.807, 2.05) is 0 Å². The highest BCUT2D eigenvalue weighted by atomic mass is 15.2. The fourth-order valence-electron chi connectivity index (χ4n) is 9.70. The van der Waals surface area contributed by atoms with E-state index in [-0.39, 0.29) is 0 Å². The quantitative estimate of drug-likeness (QED) is 0.136. The molecule has 0 unspecified atom stereocenters. The molecular formula is C61H44N2. The monoisotopic (exact) mass is 804 g/mol. The number of para-hydroxylation sites is 2. The van der Waals surface area contributed by atoms with Gasteiger partial charge in [-0.25, -0.2) is 0 Å². The molecule has 10 aromatic carbocycles. The summed E-state index contributed by atoms with van der Waals surface area (Å²) in [5, 5.41) is 0. The van der Waals surface area contributed by atoms with Gasteiger partial charge in [-0.15, -0.1) is 0 Å². The predicted molar refractivity (Wildman–Crippen MR) is 264 cm³/mol. The van der Waals surface area contributed by atoms with Crippen LogP contribution in [0.15, 0.2) is 267 Å². The molecule has 63 heavy (non-hydrogen) atoms. The summed E-state index contributed by atoms with van der Waals surface area (Å²) in [6.07, 6.45) is 0. The molecule has 0 bridgehead atoms. The smallest absolute Gasteiger partial charge is 0.0714 e. The normalized spacial score (nSPS) is 12.3. The molecule has 0 saturated heterocycles. The van der Waals surface area contributed by atoms with Crippen molar-refractivity contribution in [3.8, 4) is 33.4 Å². The van der Waals surface area contributed by atoms with Gasteiger partial charge in [0.05, 0.1) is 5.41 Å². The first kappa shape index (κ1) is 37.8. The van der Waals surface area contributed by atoms with Crippen LogP contribution in [0.2, 0.25) is 0 Å². The molecule has 0 aliphatic heterocycles. The van der Waals surface area contributed by atoms with E-state index < -0.39 is 5.41 Å². The van der Waals surface area contributed by atoms with Crippen molar-refractivity contribution in [2.75, 3.05) is 9.80 Å². The Bertz CT molecular complexity index is 3090. The van der Waals surface area contributed by atoms with Crippen LogP contribution >= 0.6 is 0 Å². The number of hydrogen-bond donors (Lipinski definition) is 0. The Morgan fingerprint density at radius 1 is 0.222 bits per heavy atom. The van der Waals surface area contributed by atoms with Crippen LogP contribution < -0.4 is 9.80 Å². The lowest BCUT2D eigenvalue weighted by molar-refractivity contribution is 0.768. The number of rotatable bonds is 10. The van der Waals surface area contributed by atoms with Gasteiger partial charge in [0.25, 0.3) is 0 Å². The molecule has 0 saturated carbocycles. The van der Waals surface area contributed by atoms with Crippen LogP contribution in [0.25, 0.3) is 33.4 Å². The highest BCUT2D eigenvalue weighted by Gasteiger charge is 2.46. The topological polar surface area (TPSA) is 6.48 Å². The highest BCUT2D eigenvalue weighted by molar-refractivity contribution is 5.92. The van der Waals surface area contributed by atoms with E-state index in [9.17, 15) is 0 Å². The highest BCUT2D eigenvalue weighted by Crippen LogP contribution is 2.57. The maximum absolute atomic E-state index is 2.45. The van der Waals surface area contributed by atoms with Crippen molar-refractivity contribution in [2.45, 2.75) is 5.41 Å². The van der Waals surface area contributed by atoms with Crippen molar-refractivity contribution >= 4 is 34.1 Å². The van der Waals surface area contributed by atoms with Gasteiger partial charge in [0.2, 0.25) is 0 Å². The number of fused-ring (bicyclic) bond motifs is 3. The van der Waals surface area contributed by atoms with E-state index >= 15 is 0 Å². The van der Waals surface area contributed by atoms with Crippen LogP contribution in [0, 0.1) is 0 Å². The third-order valence-electron chi connectivity index (χ3n) is 12.5. The average molecular weight is 805 g/mol. The van der Waals surface area contributed by atoms with Gasteiger partial charge in [-0.05, 0) is 122 Å². The second-order valence-corrected chi connectivity index (χ2v) is 16.1. The summed E-state index contributed by atoms with van der Waals surface area (Å²) in [4.78, 5) is 4.81. The molecule has 10 aromatic rings. The molecule has 0 spiro atoms. The minimum absolute atomic E-state index is 0.528. The zero-order valence-corrected chi connectivity index (χ0v) is 34.8. The molecule has 0 atom stereocenters. The Hall–Kier alpha value is -8.20. The predicted octanol–water partition coefficient (Wildman–Crippen LogP) is 16.3. The van der Waals surface area contributed by atoms with Crippen LogP contribution in [0.1, 0.15) is 22.3 Å². The molecule has 0 N–H and O–H groups in total. The summed E-state index contributed by atoms with van der Waals surface area (Å²) in [5.74, 6) is 0. The van der Waals surface area contributed by atoms with Crippen molar-refractivity contribution in [1.82, 2.24) is 0 Å². The van der Waals surface area contributed by atoms with Gasteiger partial charge < -0.3 is 9.80 Å². The fraction of sp³-hybridized carbons (Fsp3) is 0.0164. The molecule has 298 valence electrons. The largest absolute Gasteiger partial charge is 0.310 e. The first-order valence-corrected chi connectivity index (χ1v) is 21.7. The van der Waals surface area contributed by atoms with Crippen LogP contribution in [-0.2, 0) is 5.41 Å². The number of anilines is 6. The summed E-state index contributed by atoms with van der Waals surface area (Å²) >= 11 is 0. The first-order valence-electron chi connectivity index (χ1n) is 21.7. The summed E-state index contributed by atoms with van der Waals surface area (Å²) in [6.45, 7) is 0. The lowest BCUT2D eigenvalue weighted by atomic mass is 9.67. The van der Waals surface area contributed by atoms with E-state index in [4.69, 9.17) is 0 Å². The Labute approximate surface area is 370 Å². The Morgan fingerprint density at radius 2 is 0.603 bits per heavy atom. The molecule has 0 heterocycles. The van der Waals surface area contributed by atoms with Gasteiger partial charge in [-0.2, -0.15) is 0 Å². The average Bonchev–Trinajstić information content (AvgIpc) is 3.66. The second kappa shape index (κ2) is 16.3. The molecule has 2 heteroatoms. The van der Waals surface area contributed by atoms with Crippen LogP contribution in [0.5, 0.6) is 0 Å². The minimum atomic E-state index is -0.528. The van der Waals surface area contributed by atoms with Gasteiger partial charge in [0.1, 0.15) is 0 Å². The van der Waals surface area contributed by atoms with E-state index in [1.54, 1.807) is 0 Å². The van der Waals surface area contributed by atoms with E-state index in [1.165, 1.54) is 44.5 Å². The summed E-state index contributed by atoms with van der Waals surface area (Å²) in [7, 11) is 0. The van der Waals surface area contributed by atoms with Crippen molar-refractivity contribution in [1.29, 1.82) is 0 Å². The summed E-state index contributed by atoms with van der Waals surface area (Å²) < 4.78 is 0. The van der Waals surface area contributed by atoms with Crippen molar-refractivity contribution in [3.05, 3.63) is 289 Å². The Balaban J connectivity index is 1.15. The summed E-state index contributed by atoms with van der Waals surface area (Å²) in [6, 6.07) is 97.0. The standard InChI is InChI=1S/C61H44N2/c1-7-21-45(22-8-1)47-35-37-53(38-36-47)62(51-29-15-5-16-30-51)55-41-48(46-23-9-2-10-24-46)42-56(43-55)63(52-31-17-6-18-32-52)54-39-40-58-57-33-19-20-34-59(57)61(60(58)44-54,49-25-11-3-12-26-49)50-27-13-4-14-28-50/h1-44H. The van der Waals surface area contributed by atoms with Crippen LogP contribution in [0.3, 0.4) is 0 Å². The summed E-state index contributed by atoms with van der Waals surface area (Å²) in [5.41, 5.74) is 18.1. The number of benzene rings is 10. The molecule has 1 aliphatic carbocycles. The Morgan fingerprint density at radius 3 is 1.14 bits per heavy atom. The Kier molecular flexibility index (Phi) is 9.80. The lowest BCUT2D eigenvalue weighted by Crippen LogP contribution is -2.28.